The van der Waals surface area contributed by atoms with Gasteiger partial charge in [-0.15, -0.1) is 0 Å². The van der Waals surface area contributed by atoms with E-state index in [-0.39, 0.29) is 17.9 Å². The van der Waals surface area contributed by atoms with Gasteiger partial charge < -0.3 is 9.84 Å². The number of hydrogen-bond donors (Lipinski definition) is 1. The van der Waals surface area contributed by atoms with Crippen molar-refractivity contribution in [3.63, 3.8) is 0 Å². The Morgan fingerprint density at radius 3 is 2.65 bits per heavy atom. The van der Waals surface area contributed by atoms with E-state index >= 15 is 0 Å². The third-order valence-corrected chi connectivity index (χ3v) is 2.82. The van der Waals surface area contributed by atoms with Gasteiger partial charge in [-0.1, -0.05) is 12.1 Å². The molecule has 1 heterocycles. The second kappa shape index (κ2) is 5.97. The minimum atomic E-state index is -1.02. The van der Waals surface area contributed by atoms with Crippen LogP contribution in [0.3, 0.4) is 0 Å². The molecule has 0 spiro atoms. The summed E-state index contributed by atoms with van der Waals surface area (Å²) in [6.07, 6.45) is 3.09. The van der Waals surface area contributed by atoms with Gasteiger partial charge in [-0.25, -0.2) is 4.79 Å². The van der Waals surface area contributed by atoms with Crippen LogP contribution < -0.4 is 9.30 Å². The Hall–Kier alpha value is -2.69. The number of aromatic nitrogens is 1. The molecular formula is C15H14NO4+. The largest absolute Gasteiger partial charge is 0.497 e. The molecule has 5 heteroatoms. The van der Waals surface area contributed by atoms with Gasteiger partial charge in [0.1, 0.15) is 11.3 Å². The maximum absolute atomic E-state index is 12.1. The molecule has 0 saturated carbocycles. The highest BCUT2D eigenvalue weighted by atomic mass is 16.5. The number of methoxy groups -OCH3 is 1. The molecule has 1 N–H and O–H groups in total. The number of ether oxygens (including phenoxy) is 1. The number of nitrogens with zero attached hydrogens (tertiary/aromatic N) is 1. The molecule has 2 rings (SSSR count). The fourth-order valence-electron chi connectivity index (χ4n) is 1.80. The zero-order valence-electron chi connectivity index (χ0n) is 10.9. The van der Waals surface area contributed by atoms with Gasteiger partial charge in [0.15, 0.2) is 12.4 Å². The highest BCUT2D eigenvalue weighted by molar-refractivity contribution is 5.95. The molecule has 0 unspecified atom stereocenters. The van der Waals surface area contributed by atoms with Crippen LogP contribution in [0.25, 0.3) is 0 Å². The molecule has 0 fully saturated rings. The smallest absolute Gasteiger partial charge is 0.341 e. The number of Topliss-reactive ketones (excluding diaryl/α,β-unsaturated/α-hetero) is 1. The van der Waals surface area contributed by atoms with Crippen LogP contribution in [0, 0.1) is 0 Å². The Labute approximate surface area is 116 Å². The molecule has 0 bridgehead atoms. The Balaban J connectivity index is 2.18. The lowest BCUT2D eigenvalue weighted by atomic mass is 10.1. The lowest BCUT2D eigenvalue weighted by Gasteiger charge is -2.02. The van der Waals surface area contributed by atoms with Crippen molar-refractivity contribution >= 4 is 11.8 Å². The molecular weight excluding hydrogens is 258 g/mol. The van der Waals surface area contributed by atoms with Gasteiger partial charge in [0.05, 0.1) is 7.11 Å². The second-order valence-electron chi connectivity index (χ2n) is 4.23. The molecule has 2 aromatic rings. The topological polar surface area (TPSA) is 67.5 Å². The van der Waals surface area contributed by atoms with Crippen LogP contribution >= 0.6 is 0 Å². The quantitative estimate of drug-likeness (QED) is 0.662. The number of carboxylic acids is 1. The standard InChI is InChI=1S/C15H13NO4/c1-20-13-6-2-4-11(8-13)14(17)10-16-7-3-5-12(9-16)15(18)19/h2-9H,10H2,1H3/p+1. The van der Waals surface area contributed by atoms with Gasteiger partial charge in [-0.05, 0) is 18.2 Å². The average Bonchev–Trinajstić information content (AvgIpc) is 2.47. The molecule has 0 atom stereocenters. The predicted octanol–water partition coefficient (Wildman–Crippen LogP) is 1.56. The molecule has 5 nitrogen and oxygen atoms in total. The van der Waals surface area contributed by atoms with Crippen LogP contribution in [-0.2, 0) is 6.54 Å². The average molecular weight is 272 g/mol. The Morgan fingerprint density at radius 2 is 1.95 bits per heavy atom. The maximum atomic E-state index is 12.1. The van der Waals surface area contributed by atoms with Crippen molar-refractivity contribution in [3.8, 4) is 5.75 Å². The molecule has 102 valence electrons. The maximum Gasteiger partial charge on any atom is 0.341 e. The van der Waals surface area contributed by atoms with Gasteiger partial charge in [-0.3, -0.25) is 4.79 Å². The number of pyridine rings is 1. The lowest BCUT2D eigenvalue weighted by Crippen LogP contribution is -2.38. The van der Waals surface area contributed by atoms with E-state index in [4.69, 9.17) is 9.84 Å². The van der Waals surface area contributed by atoms with Crippen molar-refractivity contribution in [1.29, 1.82) is 0 Å². The summed E-state index contributed by atoms with van der Waals surface area (Å²) in [5, 5.41) is 8.91. The van der Waals surface area contributed by atoms with Gasteiger partial charge in [0.2, 0.25) is 12.3 Å². The van der Waals surface area contributed by atoms with Gasteiger partial charge in [0, 0.05) is 11.6 Å². The fraction of sp³-hybridized carbons (Fsp3) is 0.133. The van der Waals surface area contributed by atoms with Crippen molar-refractivity contribution in [1.82, 2.24) is 0 Å². The molecule has 0 radical (unpaired) electrons. The summed E-state index contributed by atoms with van der Waals surface area (Å²) in [5.41, 5.74) is 0.670. The van der Waals surface area contributed by atoms with Crippen molar-refractivity contribution in [2.24, 2.45) is 0 Å². The third-order valence-electron chi connectivity index (χ3n) is 2.82. The van der Waals surface area contributed by atoms with E-state index in [1.165, 1.54) is 19.4 Å². The zero-order chi connectivity index (χ0) is 14.5. The Bertz CT molecular complexity index is 652. The SMILES string of the molecule is COc1cccc(C(=O)C[n+]2cccc(C(=O)O)c2)c1. The Morgan fingerprint density at radius 1 is 1.20 bits per heavy atom. The number of ketones is 1. The minimum absolute atomic E-state index is 0.0777. The minimum Gasteiger partial charge on any atom is -0.497 e. The van der Waals surface area contributed by atoms with Crippen LogP contribution in [0.4, 0.5) is 0 Å². The molecule has 0 saturated heterocycles. The number of aromatic carboxylic acids is 1. The highest BCUT2D eigenvalue weighted by Gasteiger charge is 2.15. The van der Waals surface area contributed by atoms with Crippen molar-refractivity contribution in [2.45, 2.75) is 6.54 Å². The van der Waals surface area contributed by atoms with Crippen LogP contribution in [0.5, 0.6) is 5.75 Å². The first-order valence-corrected chi connectivity index (χ1v) is 6.00. The van der Waals surface area contributed by atoms with E-state index in [9.17, 15) is 9.59 Å². The van der Waals surface area contributed by atoms with Crippen LogP contribution in [0.1, 0.15) is 20.7 Å². The Kier molecular flexibility index (Phi) is 4.10. The third kappa shape index (κ3) is 3.20. The molecule has 1 aromatic carbocycles. The van der Waals surface area contributed by atoms with E-state index in [1.807, 2.05) is 0 Å². The van der Waals surface area contributed by atoms with E-state index in [0.29, 0.717) is 11.3 Å². The number of carbonyl (C=O) groups excluding carboxylic acids is 1. The second-order valence-corrected chi connectivity index (χ2v) is 4.23. The van der Waals surface area contributed by atoms with E-state index in [1.54, 1.807) is 41.1 Å². The molecule has 0 aliphatic carbocycles. The normalized spacial score (nSPS) is 10.1. The number of rotatable bonds is 5. The first-order valence-electron chi connectivity index (χ1n) is 6.00. The number of benzene rings is 1. The molecule has 20 heavy (non-hydrogen) atoms. The molecule has 0 amide bonds. The van der Waals surface area contributed by atoms with Crippen LogP contribution in [-0.4, -0.2) is 24.0 Å². The van der Waals surface area contributed by atoms with Gasteiger partial charge in [-0.2, -0.15) is 4.57 Å². The molecule has 0 aliphatic rings. The lowest BCUT2D eigenvalue weighted by molar-refractivity contribution is -0.683. The van der Waals surface area contributed by atoms with Crippen LogP contribution in [0.15, 0.2) is 48.8 Å². The predicted molar refractivity (Wildman–Crippen MR) is 70.9 cm³/mol. The summed E-state index contributed by atoms with van der Waals surface area (Å²) in [7, 11) is 1.54. The van der Waals surface area contributed by atoms with Gasteiger partial charge >= 0.3 is 5.97 Å². The summed E-state index contributed by atoms with van der Waals surface area (Å²) in [6.45, 7) is 0.0777. The van der Waals surface area contributed by atoms with Crippen LogP contribution in [0.2, 0.25) is 0 Å². The number of carboxylic acid groups (broad SMARTS) is 1. The monoisotopic (exact) mass is 272 g/mol. The summed E-state index contributed by atoms with van der Waals surface area (Å²) < 4.78 is 6.62. The van der Waals surface area contributed by atoms with Crippen molar-refractivity contribution in [3.05, 3.63) is 59.9 Å². The summed E-state index contributed by atoms with van der Waals surface area (Å²) in [6, 6.07) is 9.94. The van der Waals surface area contributed by atoms with E-state index in [0.717, 1.165) is 0 Å². The molecule has 0 aliphatic heterocycles. The number of hydrogen-bond acceptors (Lipinski definition) is 3. The van der Waals surface area contributed by atoms with Gasteiger partial charge in [0.25, 0.3) is 0 Å². The van der Waals surface area contributed by atoms with E-state index in [2.05, 4.69) is 0 Å². The summed E-state index contributed by atoms with van der Waals surface area (Å²) in [4.78, 5) is 23.0. The number of carbonyl (C=O) groups is 2. The summed E-state index contributed by atoms with van der Waals surface area (Å²) in [5.74, 6) is -0.523. The first kappa shape index (κ1) is 13.7. The van der Waals surface area contributed by atoms with E-state index < -0.39 is 5.97 Å². The fourth-order valence-corrected chi connectivity index (χ4v) is 1.80. The zero-order valence-corrected chi connectivity index (χ0v) is 10.9. The summed E-state index contributed by atoms with van der Waals surface area (Å²) >= 11 is 0. The first-order chi connectivity index (χ1) is 9.60. The van der Waals surface area contributed by atoms with Crippen molar-refractivity contribution in [2.75, 3.05) is 7.11 Å². The van der Waals surface area contributed by atoms with Crippen molar-refractivity contribution < 1.29 is 24.0 Å². The highest BCUT2D eigenvalue weighted by Crippen LogP contribution is 2.12. The molecule has 1 aromatic heterocycles.